The molecule has 17 heavy (non-hydrogen) atoms. The number of benzene rings is 1. The number of nitrogens with one attached hydrogen (secondary N) is 1. The third-order valence-electron chi connectivity index (χ3n) is 2.37. The minimum Gasteiger partial charge on any atom is -0.379 e. The second kappa shape index (κ2) is 4.33. The van der Waals surface area contributed by atoms with Crippen molar-refractivity contribution in [2.75, 3.05) is 11.1 Å². The summed E-state index contributed by atoms with van der Waals surface area (Å²) in [4.78, 5) is 0. The third kappa shape index (κ3) is 2.30. The van der Waals surface area contributed by atoms with Crippen molar-refractivity contribution in [3.63, 3.8) is 0 Å². The van der Waals surface area contributed by atoms with Gasteiger partial charge < -0.3 is 11.1 Å². The van der Waals surface area contributed by atoms with E-state index in [1.165, 1.54) is 0 Å². The SMILES string of the molecule is [B]c1cc(NC(=C)c2nonc2N)ccc1C. The highest BCUT2D eigenvalue weighted by Gasteiger charge is 2.10. The largest absolute Gasteiger partial charge is 0.379 e. The molecule has 1 heterocycles. The van der Waals surface area contributed by atoms with Crippen LogP contribution in [0, 0.1) is 6.92 Å². The molecule has 0 atom stereocenters. The summed E-state index contributed by atoms with van der Waals surface area (Å²) < 4.78 is 4.50. The van der Waals surface area contributed by atoms with Gasteiger partial charge >= 0.3 is 0 Å². The third-order valence-corrected chi connectivity index (χ3v) is 2.37. The highest BCUT2D eigenvalue weighted by molar-refractivity contribution is 6.33. The van der Waals surface area contributed by atoms with Gasteiger partial charge in [0.1, 0.15) is 7.85 Å². The molecule has 5 nitrogen and oxygen atoms in total. The van der Waals surface area contributed by atoms with E-state index in [-0.39, 0.29) is 5.82 Å². The van der Waals surface area contributed by atoms with E-state index in [0.717, 1.165) is 11.3 Å². The number of nitrogen functional groups attached to an aromatic ring is 1. The van der Waals surface area contributed by atoms with Gasteiger partial charge in [0.2, 0.25) is 0 Å². The van der Waals surface area contributed by atoms with Crippen molar-refractivity contribution in [3.05, 3.63) is 36.0 Å². The molecule has 0 saturated carbocycles. The molecule has 0 saturated heterocycles. The summed E-state index contributed by atoms with van der Waals surface area (Å²) in [6, 6.07) is 5.61. The number of hydrogen-bond donors (Lipinski definition) is 2. The number of hydrogen-bond acceptors (Lipinski definition) is 5. The van der Waals surface area contributed by atoms with Crippen LogP contribution in [0.15, 0.2) is 29.4 Å². The first-order valence-corrected chi connectivity index (χ1v) is 4.98. The Morgan fingerprint density at radius 3 is 2.82 bits per heavy atom. The van der Waals surface area contributed by atoms with E-state index in [1.807, 2.05) is 25.1 Å². The molecule has 0 aliphatic rings. The maximum Gasteiger partial charge on any atom is 0.197 e. The molecule has 2 aromatic rings. The predicted octanol–water partition coefficient (Wildman–Crippen LogP) is 0.837. The second-order valence-electron chi connectivity index (χ2n) is 3.67. The molecule has 0 spiro atoms. The number of rotatable bonds is 3. The molecule has 1 aromatic heterocycles. The van der Waals surface area contributed by atoms with Crippen LogP contribution in [0.4, 0.5) is 11.5 Å². The van der Waals surface area contributed by atoms with Crippen LogP contribution in [0.2, 0.25) is 0 Å². The maximum absolute atomic E-state index is 5.80. The van der Waals surface area contributed by atoms with Gasteiger partial charge in [0, 0.05) is 5.69 Å². The molecule has 0 unspecified atom stereocenters. The van der Waals surface area contributed by atoms with E-state index in [9.17, 15) is 0 Å². The molecule has 2 rings (SSSR count). The first kappa shape index (κ1) is 11.3. The molecule has 2 radical (unpaired) electrons. The molecular weight excluding hydrogens is 215 g/mol. The number of aromatic nitrogens is 2. The van der Waals surface area contributed by atoms with Gasteiger partial charge in [-0.25, -0.2) is 4.63 Å². The van der Waals surface area contributed by atoms with Crippen LogP contribution in [0.3, 0.4) is 0 Å². The summed E-state index contributed by atoms with van der Waals surface area (Å²) in [7, 11) is 5.80. The summed E-state index contributed by atoms with van der Waals surface area (Å²) in [6.45, 7) is 5.75. The summed E-state index contributed by atoms with van der Waals surface area (Å²) in [6.07, 6.45) is 0. The number of nitrogens with two attached hydrogens (primary N) is 1. The van der Waals surface area contributed by atoms with Gasteiger partial charge in [0.15, 0.2) is 11.5 Å². The Balaban J connectivity index is 2.19. The summed E-state index contributed by atoms with van der Waals surface area (Å²) in [5, 5.41) is 10.2. The zero-order chi connectivity index (χ0) is 12.4. The van der Waals surface area contributed by atoms with Gasteiger partial charge in [-0.15, -0.1) is 0 Å². The van der Waals surface area contributed by atoms with Crippen LogP contribution >= 0.6 is 0 Å². The van der Waals surface area contributed by atoms with Crippen molar-refractivity contribution in [1.29, 1.82) is 0 Å². The van der Waals surface area contributed by atoms with Crippen LogP contribution < -0.4 is 16.5 Å². The fraction of sp³-hybridized carbons (Fsp3) is 0.0909. The van der Waals surface area contributed by atoms with E-state index >= 15 is 0 Å². The van der Waals surface area contributed by atoms with Crippen LogP contribution in [0.1, 0.15) is 11.3 Å². The number of nitrogens with zero attached hydrogens (tertiary/aromatic N) is 2. The van der Waals surface area contributed by atoms with E-state index in [0.29, 0.717) is 16.9 Å². The van der Waals surface area contributed by atoms with Gasteiger partial charge in [0.05, 0.1) is 5.70 Å². The van der Waals surface area contributed by atoms with Crippen molar-refractivity contribution in [2.45, 2.75) is 6.92 Å². The quantitative estimate of drug-likeness (QED) is 0.758. The Morgan fingerprint density at radius 1 is 1.47 bits per heavy atom. The summed E-state index contributed by atoms with van der Waals surface area (Å²) in [5.41, 5.74) is 8.98. The molecule has 6 heteroatoms. The van der Waals surface area contributed by atoms with Crippen molar-refractivity contribution in [3.8, 4) is 0 Å². The first-order valence-electron chi connectivity index (χ1n) is 4.98. The van der Waals surface area contributed by atoms with Crippen molar-refractivity contribution in [1.82, 2.24) is 10.3 Å². The lowest BCUT2D eigenvalue weighted by atomic mass is 9.91. The molecular formula is C11H11BN4O. The molecule has 84 valence electrons. The van der Waals surface area contributed by atoms with Crippen LogP contribution in [0.25, 0.3) is 5.70 Å². The van der Waals surface area contributed by atoms with E-state index in [1.54, 1.807) is 0 Å². The van der Waals surface area contributed by atoms with Crippen molar-refractivity contribution >= 4 is 30.5 Å². The Kier molecular flexibility index (Phi) is 2.87. The molecule has 0 bridgehead atoms. The minimum atomic E-state index is 0.197. The average molecular weight is 226 g/mol. The lowest BCUT2D eigenvalue weighted by Gasteiger charge is -2.09. The Bertz CT molecular complexity index is 564. The van der Waals surface area contributed by atoms with Gasteiger partial charge in [0.25, 0.3) is 0 Å². The van der Waals surface area contributed by atoms with E-state index < -0.39 is 0 Å². The monoisotopic (exact) mass is 226 g/mol. The van der Waals surface area contributed by atoms with Gasteiger partial charge in [-0.2, -0.15) is 0 Å². The fourth-order valence-corrected chi connectivity index (χ4v) is 1.36. The molecule has 3 N–H and O–H groups in total. The lowest BCUT2D eigenvalue weighted by Crippen LogP contribution is -2.09. The van der Waals surface area contributed by atoms with Crippen molar-refractivity contribution < 1.29 is 4.63 Å². The van der Waals surface area contributed by atoms with Crippen LogP contribution in [-0.2, 0) is 0 Å². The fourth-order valence-electron chi connectivity index (χ4n) is 1.36. The van der Waals surface area contributed by atoms with Gasteiger partial charge in [-0.1, -0.05) is 23.7 Å². The Morgan fingerprint density at radius 2 is 2.24 bits per heavy atom. The lowest BCUT2D eigenvalue weighted by molar-refractivity contribution is 0.308. The topological polar surface area (TPSA) is 77.0 Å². The second-order valence-corrected chi connectivity index (χ2v) is 3.67. The van der Waals surface area contributed by atoms with Crippen LogP contribution in [-0.4, -0.2) is 18.2 Å². The standard InChI is InChI=1S/C11H11BN4O/c1-6-3-4-8(5-9(6)12)14-7(2)10-11(13)16-17-15-10/h3-5,14H,2H2,1H3,(H2,13,16). The molecule has 1 aromatic carbocycles. The normalized spacial score (nSPS) is 10.2. The highest BCUT2D eigenvalue weighted by Crippen LogP contribution is 2.18. The smallest absolute Gasteiger partial charge is 0.197 e. The minimum absolute atomic E-state index is 0.197. The molecule has 0 fully saturated rings. The molecule has 0 aliphatic heterocycles. The van der Waals surface area contributed by atoms with Gasteiger partial charge in [-0.05, 0) is 29.4 Å². The maximum atomic E-state index is 5.80. The Hall–Kier alpha value is -2.24. The van der Waals surface area contributed by atoms with Gasteiger partial charge in [-0.3, -0.25) is 0 Å². The summed E-state index contributed by atoms with van der Waals surface area (Å²) >= 11 is 0. The predicted molar refractivity (Wildman–Crippen MR) is 67.9 cm³/mol. The molecule has 0 amide bonds. The van der Waals surface area contributed by atoms with Crippen molar-refractivity contribution in [2.24, 2.45) is 0 Å². The zero-order valence-corrected chi connectivity index (χ0v) is 9.40. The van der Waals surface area contributed by atoms with Crippen LogP contribution in [0.5, 0.6) is 0 Å². The highest BCUT2D eigenvalue weighted by atomic mass is 16.6. The van der Waals surface area contributed by atoms with E-state index in [4.69, 9.17) is 13.6 Å². The number of anilines is 2. The molecule has 0 aliphatic carbocycles. The average Bonchev–Trinajstić information content (AvgIpc) is 2.70. The number of aryl methyl sites for hydroxylation is 1. The Labute approximate surface area is 100 Å². The first-order chi connectivity index (χ1) is 8.08. The zero-order valence-electron chi connectivity index (χ0n) is 9.40. The summed E-state index contributed by atoms with van der Waals surface area (Å²) in [5.74, 6) is 0.197. The van der Waals surface area contributed by atoms with E-state index in [2.05, 4.69) is 26.8 Å².